The molecule has 1 amide bonds. The van der Waals surface area contributed by atoms with Crippen LogP contribution in [-0.4, -0.2) is 26.4 Å². The molecular formula is C25H26N6OS. The van der Waals surface area contributed by atoms with E-state index >= 15 is 0 Å². The molecule has 0 aliphatic heterocycles. The van der Waals surface area contributed by atoms with Crippen molar-refractivity contribution in [2.45, 2.75) is 25.5 Å². The topological polar surface area (TPSA) is 97.9 Å². The standard InChI is InChI=1S/C25H26N6OS/c1-17-8-11-19(12-9-17)27-15-23-29-30-25(31(23)21-6-4-3-5-7-21)33-16-24(32)28-20-13-10-18(2)22(26)14-20/h3-14,27H,15-16,26H2,1-2H3,(H,28,32). The number of carbonyl (C=O) groups excluding carboxylic acids is 1. The zero-order valence-corrected chi connectivity index (χ0v) is 19.4. The lowest BCUT2D eigenvalue weighted by atomic mass is 10.2. The van der Waals surface area contributed by atoms with Crippen LogP contribution >= 0.6 is 11.8 Å². The Hall–Kier alpha value is -3.78. The number of thioether (sulfide) groups is 1. The Kier molecular flexibility index (Phi) is 6.95. The van der Waals surface area contributed by atoms with Gasteiger partial charge in [0.25, 0.3) is 0 Å². The molecule has 3 aromatic carbocycles. The normalized spacial score (nSPS) is 10.7. The number of aryl methyl sites for hydroxylation is 2. The van der Waals surface area contributed by atoms with Crippen LogP contribution in [0.4, 0.5) is 17.1 Å². The lowest BCUT2D eigenvalue weighted by molar-refractivity contribution is -0.113. The molecule has 4 rings (SSSR count). The highest BCUT2D eigenvalue weighted by Gasteiger charge is 2.16. The fraction of sp³-hybridized carbons (Fsp3) is 0.160. The number of nitrogen functional groups attached to an aromatic ring is 1. The highest BCUT2D eigenvalue weighted by molar-refractivity contribution is 7.99. The van der Waals surface area contributed by atoms with Crippen molar-refractivity contribution in [3.8, 4) is 5.69 Å². The molecule has 0 unspecified atom stereocenters. The fourth-order valence-corrected chi connectivity index (χ4v) is 4.01. The smallest absolute Gasteiger partial charge is 0.234 e. The summed E-state index contributed by atoms with van der Waals surface area (Å²) in [6.45, 7) is 4.49. The first-order valence-corrected chi connectivity index (χ1v) is 11.6. The highest BCUT2D eigenvalue weighted by atomic mass is 32.2. The zero-order valence-electron chi connectivity index (χ0n) is 18.6. The van der Waals surface area contributed by atoms with Crippen LogP contribution in [0.1, 0.15) is 17.0 Å². The second-order valence-corrected chi connectivity index (χ2v) is 8.64. The number of benzene rings is 3. The van der Waals surface area contributed by atoms with Gasteiger partial charge in [0, 0.05) is 22.7 Å². The molecule has 168 valence electrons. The van der Waals surface area contributed by atoms with E-state index in [1.165, 1.54) is 17.3 Å². The van der Waals surface area contributed by atoms with Crippen LogP contribution in [0, 0.1) is 13.8 Å². The van der Waals surface area contributed by atoms with Crippen LogP contribution in [0.15, 0.2) is 78.0 Å². The van der Waals surface area contributed by atoms with Crippen LogP contribution in [0.3, 0.4) is 0 Å². The summed E-state index contributed by atoms with van der Waals surface area (Å²) < 4.78 is 1.98. The molecule has 0 spiro atoms. The molecule has 0 saturated carbocycles. The highest BCUT2D eigenvalue weighted by Crippen LogP contribution is 2.24. The summed E-state index contributed by atoms with van der Waals surface area (Å²) in [7, 11) is 0. The van der Waals surface area contributed by atoms with E-state index in [0.717, 1.165) is 22.8 Å². The molecular weight excluding hydrogens is 432 g/mol. The van der Waals surface area contributed by atoms with E-state index in [0.29, 0.717) is 23.1 Å². The van der Waals surface area contributed by atoms with Crippen molar-refractivity contribution in [1.29, 1.82) is 0 Å². The molecule has 33 heavy (non-hydrogen) atoms. The Labute approximate surface area is 197 Å². The average Bonchev–Trinajstić information content (AvgIpc) is 3.23. The Morgan fingerprint density at radius 3 is 2.42 bits per heavy atom. The maximum absolute atomic E-state index is 12.5. The quantitative estimate of drug-likeness (QED) is 0.259. The molecule has 4 aromatic rings. The van der Waals surface area contributed by atoms with Gasteiger partial charge in [-0.05, 0) is 55.8 Å². The first-order chi connectivity index (χ1) is 16.0. The summed E-state index contributed by atoms with van der Waals surface area (Å²) in [5.41, 5.74) is 11.4. The number of nitrogens with one attached hydrogen (secondary N) is 2. The second-order valence-electron chi connectivity index (χ2n) is 7.70. The SMILES string of the molecule is Cc1ccc(NCc2nnc(SCC(=O)Nc3ccc(C)c(N)c3)n2-c2ccccc2)cc1. The fourth-order valence-electron chi connectivity index (χ4n) is 3.24. The number of aromatic nitrogens is 3. The molecule has 0 aliphatic carbocycles. The molecule has 7 nitrogen and oxygen atoms in total. The average molecular weight is 459 g/mol. The molecule has 0 fully saturated rings. The van der Waals surface area contributed by atoms with E-state index in [1.807, 2.05) is 66.1 Å². The van der Waals surface area contributed by atoms with E-state index < -0.39 is 0 Å². The summed E-state index contributed by atoms with van der Waals surface area (Å²) >= 11 is 1.34. The predicted octanol–water partition coefficient (Wildman–Crippen LogP) is 4.81. The van der Waals surface area contributed by atoms with Gasteiger partial charge in [-0.15, -0.1) is 10.2 Å². The number of rotatable bonds is 8. The summed E-state index contributed by atoms with van der Waals surface area (Å²) in [5.74, 6) is 0.825. The molecule has 0 saturated heterocycles. The van der Waals surface area contributed by atoms with Gasteiger partial charge in [-0.3, -0.25) is 9.36 Å². The third-order valence-electron chi connectivity index (χ3n) is 5.11. The van der Waals surface area contributed by atoms with Gasteiger partial charge in [-0.2, -0.15) is 0 Å². The van der Waals surface area contributed by atoms with Crippen molar-refractivity contribution >= 4 is 34.7 Å². The summed E-state index contributed by atoms with van der Waals surface area (Å²) in [5, 5.41) is 15.7. The van der Waals surface area contributed by atoms with Gasteiger partial charge in [0.2, 0.25) is 5.91 Å². The number of amides is 1. The molecule has 8 heteroatoms. The van der Waals surface area contributed by atoms with Crippen molar-refractivity contribution in [2.75, 3.05) is 22.1 Å². The number of para-hydroxylation sites is 1. The van der Waals surface area contributed by atoms with Gasteiger partial charge < -0.3 is 16.4 Å². The summed E-state index contributed by atoms with van der Waals surface area (Å²) in [6, 6.07) is 23.6. The Bertz CT molecular complexity index is 1240. The minimum Gasteiger partial charge on any atom is -0.398 e. The van der Waals surface area contributed by atoms with Gasteiger partial charge >= 0.3 is 0 Å². The summed E-state index contributed by atoms with van der Waals surface area (Å²) in [6.07, 6.45) is 0. The summed E-state index contributed by atoms with van der Waals surface area (Å²) in [4.78, 5) is 12.5. The predicted molar refractivity (Wildman–Crippen MR) is 135 cm³/mol. The van der Waals surface area contributed by atoms with Crippen LogP contribution in [-0.2, 0) is 11.3 Å². The van der Waals surface area contributed by atoms with E-state index in [4.69, 9.17) is 5.73 Å². The van der Waals surface area contributed by atoms with Crippen LogP contribution < -0.4 is 16.4 Å². The van der Waals surface area contributed by atoms with Gasteiger partial charge in [-0.1, -0.05) is 53.7 Å². The largest absolute Gasteiger partial charge is 0.398 e. The third kappa shape index (κ3) is 5.72. The zero-order chi connectivity index (χ0) is 23.2. The molecule has 0 radical (unpaired) electrons. The molecule has 0 atom stereocenters. The van der Waals surface area contributed by atoms with Crippen LogP contribution in [0.2, 0.25) is 0 Å². The lowest BCUT2D eigenvalue weighted by Crippen LogP contribution is -2.15. The van der Waals surface area contributed by atoms with E-state index in [-0.39, 0.29) is 11.7 Å². The monoisotopic (exact) mass is 458 g/mol. The minimum atomic E-state index is -0.134. The molecule has 1 aromatic heterocycles. The Morgan fingerprint density at radius 1 is 0.970 bits per heavy atom. The third-order valence-corrected chi connectivity index (χ3v) is 6.04. The van der Waals surface area contributed by atoms with Crippen LogP contribution in [0.25, 0.3) is 5.69 Å². The number of nitrogens with two attached hydrogens (primary N) is 1. The number of anilines is 3. The number of hydrogen-bond donors (Lipinski definition) is 3. The number of nitrogens with zero attached hydrogens (tertiary/aromatic N) is 3. The molecule has 0 bridgehead atoms. The van der Waals surface area contributed by atoms with Gasteiger partial charge in [0.15, 0.2) is 11.0 Å². The van der Waals surface area contributed by atoms with Crippen molar-refractivity contribution < 1.29 is 4.79 Å². The van der Waals surface area contributed by atoms with Crippen molar-refractivity contribution in [3.63, 3.8) is 0 Å². The van der Waals surface area contributed by atoms with Gasteiger partial charge in [0.1, 0.15) is 0 Å². The molecule has 4 N–H and O–H groups in total. The lowest BCUT2D eigenvalue weighted by Gasteiger charge is -2.12. The van der Waals surface area contributed by atoms with Crippen molar-refractivity contribution in [2.24, 2.45) is 0 Å². The Morgan fingerprint density at radius 2 is 1.70 bits per heavy atom. The van der Waals surface area contributed by atoms with E-state index in [9.17, 15) is 4.79 Å². The number of carbonyl (C=O) groups is 1. The molecule has 0 aliphatic rings. The first kappa shape index (κ1) is 22.4. The van der Waals surface area contributed by atoms with Crippen molar-refractivity contribution in [3.05, 3.63) is 89.7 Å². The maximum atomic E-state index is 12.5. The van der Waals surface area contributed by atoms with E-state index in [1.54, 1.807) is 6.07 Å². The second kappa shape index (κ2) is 10.2. The minimum absolute atomic E-state index is 0.134. The number of hydrogen-bond acceptors (Lipinski definition) is 6. The first-order valence-electron chi connectivity index (χ1n) is 10.6. The van der Waals surface area contributed by atoms with Gasteiger partial charge in [0.05, 0.1) is 12.3 Å². The maximum Gasteiger partial charge on any atom is 0.234 e. The van der Waals surface area contributed by atoms with Crippen molar-refractivity contribution in [1.82, 2.24) is 14.8 Å². The molecule has 1 heterocycles. The van der Waals surface area contributed by atoms with Gasteiger partial charge in [-0.25, -0.2) is 0 Å². The van der Waals surface area contributed by atoms with Crippen LogP contribution in [0.5, 0.6) is 0 Å². The van der Waals surface area contributed by atoms with E-state index in [2.05, 4.69) is 39.9 Å². The Balaban J connectivity index is 1.48.